The van der Waals surface area contributed by atoms with Crippen molar-refractivity contribution in [1.29, 1.82) is 0 Å². The second-order valence-corrected chi connectivity index (χ2v) is 6.82. The first-order valence-electron chi connectivity index (χ1n) is 7.42. The summed E-state index contributed by atoms with van der Waals surface area (Å²) in [4.78, 5) is 28.8. The number of carboxylic acids is 1. The maximum atomic E-state index is 12.7. The maximum Gasteiger partial charge on any atom is 0.331 e. The maximum absolute atomic E-state index is 12.7. The molecule has 2 aliphatic rings. The molecule has 1 aliphatic carbocycles. The Balaban J connectivity index is 1.83. The number of carboxylic acid groups (broad SMARTS) is 1. The van der Waals surface area contributed by atoms with Crippen molar-refractivity contribution in [3.05, 3.63) is 21.9 Å². The van der Waals surface area contributed by atoms with Crippen molar-refractivity contribution in [2.75, 3.05) is 13.6 Å². The fourth-order valence-electron chi connectivity index (χ4n) is 3.44. The molecule has 21 heavy (non-hydrogen) atoms. The number of hydrogen-bond acceptors (Lipinski definition) is 3. The van der Waals surface area contributed by atoms with E-state index in [1.54, 1.807) is 23.3 Å². The highest BCUT2D eigenvalue weighted by molar-refractivity contribution is 7.10. The standard InChI is InChI=1S/C15H20N2O3S/c1-16(10-4-2-3-5-10)15(20)17-8-6-12-11(7-9-21-12)13(17)14(18)19/h7,9-10,13H,2-6,8H2,1H3,(H,18,19). The van der Waals surface area contributed by atoms with Gasteiger partial charge in [-0.1, -0.05) is 12.8 Å². The Hall–Kier alpha value is -1.56. The van der Waals surface area contributed by atoms with Gasteiger partial charge >= 0.3 is 12.0 Å². The summed E-state index contributed by atoms with van der Waals surface area (Å²) in [6.07, 6.45) is 5.11. The Labute approximate surface area is 128 Å². The van der Waals surface area contributed by atoms with Crippen molar-refractivity contribution in [3.63, 3.8) is 0 Å². The summed E-state index contributed by atoms with van der Waals surface area (Å²) in [6, 6.07) is 1.12. The first-order valence-corrected chi connectivity index (χ1v) is 8.30. The lowest BCUT2D eigenvalue weighted by Gasteiger charge is -2.37. The van der Waals surface area contributed by atoms with Gasteiger partial charge in [0.1, 0.15) is 0 Å². The molecule has 114 valence electrons. The first kappa shape index (κ1) is 14.4. The first-order chi connectivity index (χ1) is 10.1. The van der Waals surface area contributed by atoms with Crippen LogP contribution in [-0.4, -0.2) is 46.5 Å². The molecular formula is C15H20N2O3S. The van der Waals surface area contributed by atoms with Gasteiger partial charge in [0.25, 0.3) is 0 Å². The molecule has 1 saturated carbocycles. The topological polar surface area (TPSA) is 60.9 Å². The van der Waals surface area contributed by atoms with Gasteiger partial charge in [0, 0.05) is 24.5 Å². The molecule has 3 rings (SSSR count). The van der Waals surface area contributed by atoms with E-state index in [4.69, 9.17) is 0 Å². The van der Waals surface area contributed by atoms with Crippen molar-refractivity contribution in [3.8, 4) is 0 Å². The molecule has 1 N–H and O–H groups in total. The summed E-state index contributed by atoms with van der Waals surface area (Å²) in [5, 5.41) is 11.5. The number of amides is 2. The Morgan fingerprint density at radius 2 is 2.10 bits per heavy atom. The smallest absolute Gasteiger partial charge is 0.331 e. The molecule has 2 amide bonds. The van der Waals surface area contributed by atoms with Crippen LogP contribution in [0.3, 0.4) is 0 Å². The molecular weight excluding hydrogens is 288 g/mol. The number of aliphatic carboxylic acids is 1. The van der Waals surface area contributed by atoms with Crippen LogP contribution in [0.15, 0.2) is 11.4 Å². The zero-order valence-corrected chi connectivity index (χ0v) is 12.9. The third-order valence-electron chi connectivity index (χ3n) is 4.62. The van der Waals surface area contributed by atoms with Crippen molar-refractivity contribution in [1.82, 2.24) is 9.80 Å². The summed E-state index contributed by atoms with van der Waals surface area (Å²) < 4.78 is 0. The number of rotatable bonds is 2. The van der Waals surface area contributed by atoms with Crippen LogP contribution in [0.5, 0.6) is 0 Å². The minimum Gasteiger partial charge on any atom is -0.479 e. The van der Waals surface area contributed by atoms with E-state index in [0.29, 0.717) is 6.54 Å². The van der Waals surface area contributed by atoms with Crippen LogP contribution >= 0.6 is 11.3 Å². The van der Waals surface area contributed by atoms with Gasteiger partial charge in [-0.2, -0.15) is 0 Å². The monoisotopic (exact) mass is 308 g/mol. The number of nitrogens with zero attached hydrogens (tertiary/aromatic N) is 2. The Kier molecular flexibility index (Phi) is 3.89. The number of fused-ring (bicyclic) bond motifs is 1. The largest absolute Gasteiger partial charge is 0.479 e. The molecule has 0 radical (unpaired) electrons. The Bertz CT molecular complexity index is 551. The molecule has 1 unspecified atom stereocenters. The van der Waals surface area contributed by atoms with E-state index < -0.39 is 12.0 Å². The van der Waals surface area contributed by atoms with Crippen LogP contribution < -0.4 is 0 Å². The number of carbonyl (C=O) groups excluding carboxylic acids is 1. The summed E-state index contributed by atoms with van der Waals surface area (Å²) >= 11 is 1.58. The lowest BCUT2D eigenvalue weighted by Crippen LogP contribution is -2.50. The van der Waals surface area contributed by atoms with Gasteiger partial charge in [-0.15, -0.1) is 11.3 Å². The lowest BCUT2D eigenvalue weighted by atomic mass is 10.0. The van der Waals surface area contributed by atoms with Crippen LogP contribution in [0.2, 0.25) is 0 Å². The summed E-state index contributed by atoms with van der Waals surface area (Å²) in [7, 11) is 1.81. The number of carbonyl (C=O) groups is 2. The Morgan fingerprint density at radius 3 is 2.76 bits per heavy atom. The van der Waals surface area contributed by atoms with Gasteiger partial charge in [0.15, 0.2) is 6.04 Å². The molecule has 0 spiro atoms. The van der Waals surface area contributed by atoms with Crippen molar-refractivity contribution in [2.24, 2.45) is 0 Å². The highest BCUT2D eigenvalue weighted by Gasteiger charge is 2.39. The number of hydrogen-bond donors (Lipinski definition) is 1. The van der Waals surface area contributed by atoms with Crippen LogP contribution in [0.4, 0.5) is 4.79 Å². The van der Waals surface area contributed by atoms with Gasteiger partial charge in [-0.05, 0) is 36.3 Å². The van der Waals surface area contributed by atoms with Gasteiger partial charge in [0.2, 0.25) is 0 Å². The van der Waals surface area contributed by atoms with Crippen LogP contribution in [-0.2, 0) is 11.2 Å². The molecule has 0 bridgehead atoms. The van der Waals surface area contributed by atoms with E-state index >= 15 is 0 Å². The molecule has 2 heterocycles. The van der Waals surface area contributed by atoms with Crippen molar-refractivity contribution < 1.29 is 14.7 Å². The quantitative estimate of drug-likeness (QED) is 0.914. The van der Waals surface area contributed by atoms with E-state index in [-0.39, 0.29) is 12.1 Å². The van der Waals surface area contributed by atoms with E-state index in [2.05, 4.69) is 0 Å². The average Bonchev–Trinajstić information content (AvgIpc) is 3.14. The highest BCUT2D eigenvalue weighted by atomic mass is 32.1. The normalized spacial score (nSPS) is 22.1. The minimum atomic E-state index is -0.942. The van der Waals surface area contributed by atoms with Gasteiger partial charge < -0.3 is 14.9 Å². The second kappa shape index (κ2) is 5.67. The molecule has 1 atom stereocenters. The predicted octanol–water partition coefficient (Wildman–Crippen LogP) is 2.73. The third-order valence-corrected chi connectivity index (χ3v) is 5.62. The third kappa shape index (κ3) is 2.52. The van der Waals surface area contributed by atoms with E-state index in [1.807, 2.05) is 11.4 Å². The number of urea groups is 1. The molecule has 1 aliphatic heterocycles. The van der Waals surface area contributed by atoms with Gasteiger partial charge in [0.05, 0.1) is 0 Å². The van der Waals surface area contributed by atoms with Crippen molar-refractivity contribution in [2.45, 2.75) is 44.2 Å². The molecule has 0 saturated heterocycles. The van der Waals surface area contributed by atoms with Crippen LogP contribution in [0.25, 0.3) is 0 Å². The molecule has 1 aromatic rings. The van der Waals surface area contributed by atoms with Crippen LogP contribution in [0.1, 0.15) is 42.2 Å². The second-order valence-electron chi connectivity index (χ2n) is 5.82. The molecule has 5 nitrogen and oxygen atoms in total. The summed E-state index contributed by atoms with van der Waals surface area (Å²) in [6.45, 7) is 0.486. The van der Waals surface area contributed by atoms with E-state index in [1.165, 1.54) is 4.90 Å². The lowest BCUT2D eigenvalue weighted by molar-refractivity contribution is -0.143. The van der Waals surface area contributed by atoms with E-state index in [9.17, 15) is 14.7 Å². The van der Waals surface area contributed by atoms with Gasteiger partial charge in [-0.3, -0.25) is 0 Å². The van der Waals surface area contributed by atoms with E-state index in [0.717, 1.165) is 42.5 Å². The fourth-order valence-corrected chi connectivity index (χ4v) is 4.34. The molecule has 1 aromatic heterocycles. The van der Waals surface area contributed by atoms with Crippen molar-refractivity contribution >= 4 is 23.3 Å². The zero-order valence-electron chi connectivity index (χ0n) is 12.1. The number of thiophene rings is 1. The Morgan fingerprint density at radius 1 is 1.38 bits per heavy atom. The van der Waals surface area contributed by atoms with Gasteiger partial charge in [-0.25, -0.2) is 9.59 Å². The molecule has 0 aromatic carbocycles. The average molecular weight is 308 g/mol. The predicted molar refractivity (Wildman–Crippen MR) is 80.5 cm³/mol. The SMILES string of the molecule is CN(C(=O)N1CCc2sccc2C1C(=O)O)C1CCCC1. The highest BCUT2D eigenvalue weighted by Crippen LogP contribution is 2.34. The zero-order chi connectivity index (χ0) is 15.0. The minimum absolute atomic E-state index is 0.147. The van der Waals surface area contributed by atoms with Crippen LogP contribution in [0, 0.1) is 0 Å². The summed E-state index contributed by atoms with van der Waals surface area (Å²) in [5.41, 5.74) is 0.784. The molecule has 6 heteroatoms. The summed E-state index contributed by atoms with van der Waals surface area (Å²) in [5.74, 6) is -0.942. The molecule has 1 fully saturated rings. The fraction of sp³-hybridized carbons (Fsp3) is 0.600.